The van der Waals surface area contributed by atoms with Crippen molar-refractivity contribution in [2.75, 3.05) is 0 Å². The zero-order valence-corrected chi connectivity index (χ0v) is 14.7. The molecule has 2 rings (SSSR count). The van der Waals surface area contributed by atoms with Crippen LogP contribution in [-0.2, 0) is 13.1 Å². The highest BCUT2D eigenvalue weighted by atomic mass is 127. The van der Waals surface area contributed by atoms with Gasteiger partial charge in [-0.25, -0.2) is 9.98 Å². The molecular formula is C15H22IN5. The van der Waals surface area contributed by atoms with Crippen LogP contribution in [0.2, 0.25) is 0 Å². The molecule has 1 aromatic carbocycles. The lowest BCUT2D eigenvalue weighted by atomic mass is 10.1. The highest BCUT2D eigenvalue weighted by molar-refractivity contribution is 14.0. The quantitative estimate of drug-likeness (QED) is 0.461. The first-order valence-corrected chi connectivity index (χ1v) is 6.73. The number of aromatic nitrogens is 2. The van der Waals surface area contributed by atoms with Crippen molar-refractivity contribution in [3.05, 3.63) is 54.1 Å². The van der Waals surface area contributed by atoms with E-state index in [-0.39, 0.29) is 24.0 Å². The van der Waals surface area contributed by atoms with E-state index in [4.69, 9.17) is 5.73 Å². The van der Waals surface area contributed by atoms with Crippen molar-refractivity contribution in [2.45, 2.75) is 33.0 Å². The van der Waals surface area contributed by atoms with Gasteiger partial charge in [-0.05, 0) is 25.0 Å². The minimum atomic E-state index is 0. The topological polar surface area (TPSA) is 68.2 Å². The Morgan fingerprint density at radius 2 is 1.95 bits per heavy atom. The first kappa shape index (κ1) is 17.5. The van der Waals surface area contributed by atoms with Crippen LogP contribution in [0.3, 0.4) is 0 Å². The number of nitrogens with two attached hydrogens (primary N) is 1. The number of nitrogens with zero attached hydrogens (tertiary/aromatic N) is 3. The summed E-state index contributed by atoms with van der Waals surface area (Å²) in [6.45, 7) is 5.50. The summed E-state index contributed by atoms with van der Waals surface area (Å²) in [6.07, 6.45) is 5.56. The van der Waals surface area contributed by atoms with Crippen LogP contribution in [0.25, 0.3) is 0 Å². The lowest BCUT2D eigenvalue weighted by Crippen LogP contribution is -2.36. The van der Waals surface area contributed by atoms with Gasteiger partial charge in [0, 0.05) is 25.0 Å². The minimum absolute atomic E-state index is 0. The molecule has 5 nitrogen and oxygen atoms in total. The van der Waals surface area contributed by atoms with Gasteiger partial charge in [0.2, 0.25) is 0 Å². The van der Waals surface area contributed by atoms with E-state index in [1.807, 2.05) is 30.9 Å². The average Bonchev–Trinajstić information content (AvgIpc) is 2.90. The van der Waals surface area contributed by atoms with Gasteiger partial charge in [-0.3, -0.25) is 0 Å². The Bertz CT molecular complexity index is 546. The summed E-state index contributed by atoms with van der Waals surface area (Å²) in [5.41, 5.74) is 8.16. The van der Waals surface area contributed by atoms with Gasteiger partial charge in [-0.15, -0.1) is 24.0 Å². The molecule has 0 saturated heterocycles. The molecule has 21 heavy (non-hydrogen) atoms. The number of rotatable bonds is 5. The van der Waals surface area contributed by atoms with Crippen molar-refractivity contribution in [1.82, 2.24) is 14.9 Å². The van der Waals surface area contributed by atoms with E-state index < -0.39 is 0 Å². The molecule has 2 aromatic rings. The zero-order chi connectivity index (χ0) is 14.4. The van der Waals surface area contributed by atoms with Crippen molar-refractivity contribution in [3.8, 4) is 0 Å². The normalized spacial score (nSPS) is 11.3. The van der Waals surface area contributed by atoms with E-state index in [0.717, 1.165) is 12.1 Å². The first-order valence-electron chi connectivity index (χ1n) is 6.73. The molecule has 0 spiro atoms. The number of imidazole rings is 1. The van der Waals surface area contributed by atoms with Crippen LogP contribution in [0.1, 0.15) is 25.0 Å². The molecular weight excluding hydrogens is 377 g/mol. The summed E-state index contributed by atoms with van der Waals surface area (Å²) in [5.74, 6) is 0.488. The summed E-state index contributed by atoms with van der Waals surface area (Å²) in [7, 11) is 0. The molecule has 0 aliphatic rings. The predicted octanol–water partition coefficient (Wildman–Crippen LogP) is 2.36. The standard InChI is InChI=1S/C15H21N5.HI/c1-12(2)19-15(16)18-9-13-3-5-14(6-4-13)10-20-8-7-17-11-20;/h3-8,11-12H,9-10H2,1-2H3,(H3,16,18,19);1H. The van der Waals surface area contributed by atoms with Crippen LogP contribution in [0.15, 0.2) is 48.0 Å². The molecule has 0 bridgehead atoms. The third-order valence-electron chi connectivity index (χ3n) is 2.82. The second kappa shape index (κ2) is 8.66. The van der Waals surface area contributed by atoms with Gasteiger partial charge in [-0.1, -0.05) is 24.3 Å². The molecule has 0 radical (unpaired) electrons. The van der Waals surface area contributed by atoms with E-state index in [2.05, 4.69) is 39.6 Å². The Labute approximate surface area is 142 Å². The van der Waals surface area contributed by atoms with Gasteiger partial charge in [0.1, 0.15) is 0 Å². The molecule has 1 aromatic heterocycles. The number of nitrogens with one attached hydrogen (secondary N) is 1. The van der Waals surface area contributed by atoms with Gasteiger partial charge in [0.25, 0.3) is 0 Å². The molecule has 0 atom stereocenters. The fourth-order valence-electron chi connectivity index (χ4n) is 1.86. The molecule has 0 saturated carbocycles. The second-order valence-electron chi connectivity index (χ2n) is 5.05. The number of hydrogen-bond donors (Lipinski definition) is 2. The number of aliphatic imine (C=N–C) groups is 1. The first-order chi connectivity index (χ1) is 9.63. The number of guanidine groups is 1. The lowest BCUT2D eigenvalue weighted by molar-refractivity contribution is 0.723. The maximum atomic E-state index is 5.77. The molecule has 1 heterocycles. The van der Waals surface area contributed by atoms with Gasteiger partial charge in [0.15, 0.2) is 5.96 Å². The SMILES string of the molecule is CC(C)NC(N)=NCc1ccc(Cn2ccnc2)cc1.I. The average molecular weight is 399 g/mol. The molecule has 6 heteroatoms. The summed E-state index contributed by atoms with van der Waals surface area (Å²) in [5, 5.41) is 3.07. The molecule has 0 aliphatic heterocycles. The van der Waals surface area contributed by atoms with Crippen molar-refractivity contribution in [3.63, 3.8) is 0 Å². The summed E-state index contributed by atoms with van der Waals surface area (Å²) >= 11 is 0. The minimum Gasteiger partial charge on any atom is -0.370 e. The van der Waals surface area contributed by atoms with Gasteiger partial charge in [-0.2, -0.15) is 0 Å². The fourth-order valence-corrected chi connectivity index (χ4v) is 1.86. The van der Waals surface area contributed by atoms with E-state index in [1.165, 1.54) is 5.56 Å². The molecule has 114 valence electrons. The van der Waals surface area contributed by atoms with Gasteiger partial charge < -0.3 is 15.6 Å². The summed E-state index contributed by atoms with van der Waals surface area (Å²) < 4.78 is 2.04. The Morgan fingerprint density at radius 3 is 2.52 bits per heavy atom. The summed E-state index contributed by atoms with van der Waals surface area (Å²) in [4.78, 5) is 8.34. The van der Waals surface area contributed by atoms with Crippen LogP contribution in [0.4, 0.5) is 0 Å². The maximum absolute atomic E-state index is 5.77. The van der Waals surface area contributed by atoms with Crippen LogP contribution < -0.4 is 11.1 Å². The molecule has 0 amide bonds. The van der Waals surface area contributed by atoms with E-state index in [9.17, 15) is 0 Å². The van der Waals surface area contributed by atoms with Gasteiger partial charge >= 0.3 is 0 Å². The third kappa shape index (κ3) is 6.16. The Kier molecular flexibility index (Phi) is 7.21. The largest absolute Gasteiger partial charge is 0.370 e. The van der Waals surface area contributed by atoms with Crippen molar-refractivity contribution in [2.24, 2.45) is 10.7 Å². The van der Waals surface area contributed by atoms with Crippen LogP contribution in [0, 0.1) is 0 Å². The maximum Gasteiger partial charge on any atom is 0.189 e. The Hall–Kier alpha value is -1.57. The van der Waals surface area contributed by atoms with Crippen molar-refractivity contribution in [1.29, 1.82) is 0 Å². The molecule has 3 N–H and O–H groups in total. The van der Waals surface area contributed by atoms with E-state index in [1.54, 1.807) is 6.20 Å². The van der Waals surface area contributed by atoms with Crippen molar-refractivity contribution < 1.29 is 0 Å². The van der Waals surface area contributed by atoms with Crippen LogP contribution in [0.5, 0.6) is 0 Å². The molecule has 0 aliphatic carbocycles. The number of halogens is 1. The van der Waals surface area contributed by atoms with Crippen LogP contribution >= 0.6 is 24.0 Å². The Morgan fingerprint density at radius 1 is 1.29 bits per heavy atom. The summed E-state index contributed by atoms with van der Waals surface area (Å²) in [6, 6.07) is 8.68. The molecule has 0 unspecified atom stereocenters. The highest BCUT2D eigenvalue weighted by Gasteiger charge is 1.98. The lowest BCUT2D eigenvalue weighted by Gasteiger charge is -2.08. The second-order valence-corrected chi connectivity index (χ2v) is 5.05. The molecule has 0 fully saturated rings. The highest BCUT2D eigenvalue weighted by Crippen LogP contribution is 2.07. The van der Waals surface area contributed by atoms with Gasteiger partial charge in [0.05, 0.1) is 12.9 Å². The van der Waals surface area contributed by atoms with Crippen LogP contribution in [-0.4, -0.2) is 21.6 Å². The monoisotopic (exact) mass is 399 g/mol. The smallest absolute Gasteiger partial charge is 0.189 e. The Balaban J connectivity index is 0.00000220. The number of benzene rings is 1. The fraction of sp³-hybridized carbons (Fsp3) is 0.333. The van der Waals surface area contributed by atoms with E-state index >= 15 is 0 Å². The zero-order valence-electron chi connectivity index (χ0n) is 12.4. The van der Waals surface area contributed by atoms with E-state index in [0.29, 0.717) is 18.5 Å². The number of hydrogen-bond acceptors (Lipinski definition) is 2. The third-order valence-corrected chi connectivity index (χ3v) is 2.82. The van der Waals surface area contributed by atoms with Crippen molar-refractivity contribution >= 4 is 29.9 Å². The predicted molar refractivity (Wildman–Crippen MR) is 96.8 cm³/mol.